The monoisotopic (exact) mass is 565 g/mol. The van der Waals surface area contributed by atoms with Crippen LogP contribution in [0.15, 0.2) is 93.9 Å². The lowest BCUT2D eigenvalue weighted by atomic mass is 9.95. The maximum Gasteiger partial charge on any atom is 0.338 e. The zero-order valence-electron chi connectivity index (χ0n) is 22.8. The molecule has 3 aromatic carbocycles. The predicted molar refractivity (Wildman–Crippen MR) is 155 cm³/mol. The summed E-state index contributed by atoms with van der Waals surface area (Å²) >= 11 is 1.26. The Morgan fingerprint density at radius 1 is 1.10 bits per heavy atom. The number of carbonyl (C=O) groups is 1. The third-order valence-electron chi connectivity index (χ3n) is 6.64. The van der Waals surface area contributed by atoms with E-state index in [1.165, 1.54) is 11.3 Å². The van der Waals surface area contributed by atoms with Gasteiger partial charge in [0.1, 0.15) is 18.1 Å². The highest BCUT2D eigenvalue weighted by Crippen LogP contribution is 2.32. The summed E-state index contributed by atoms with van der Waals surface area (Å²) < 4.78 is 18.7. The zero-order valence-corrected chi connectivity index (χ0v) is 23.6. The van der Waals surface area contributed by atoms with Crippen molar-refractivity contribution in [3.63, 3.8) is 0 Å². The molecule has 0 fully saturated rings. The molecular weight excluding hydrogens is 538 g/mol. The van der Waals surface area contributed by atoms with Crippen LogP contribution in [0.2, 0.25) is 0 Å². The topological polar surface area (TPSA) is 103 Å². The molecule has 0 radical (unpaired) electrons. The van der Waals surface area contributed by atoms with Crippen molar-refractivity contribution >= 4 is 23.4 Å². The van der Waals surface area contributed by atoms with E-state index in [0.29, 0.717) is 43.2 Å². The number of hydrogen-bond donors (Lipinski definition) is 0. The van der Waals surface area contributed by atoms with Gasteiger partial charge >= 0.3 is 5.97 Å². The lowest BCUT2D eigenvalue weighted by Gasteiger charge is -2.25. The molecule has 5 rings (SSSR count). The minimum atomic E-state index is -0.713. The molecule has 4 aromatic rings. The Hall–Kier alpha value is -4.94. The molecule has 206 valence electrons. The van der Waals surface area contributed by atoms with Crippen molar-refractivity contribution in [3.8, 4) is 17.6 Å². The second kappa shape index (κ2) is 12.1. The van der Waals surface area contributed by atoms with Gasteiger partial charge in [-0.15, -0.1) is 0 Å². The first-order chi connectivity index (χ1) is 19.9. The normalized spacial score (nSPS) is 14.6. The highest BCUT2D eigenvalue weighted by molar-refractivity contribution is 7.07. The summed E-state index contributed by atoms with van der Waals surface area (Å²) in [5.74, 6) is 0.744. The van der Waals surface area contributed by atoms with E-state index in [9.17, 15) is 14.9 Å². The maximum absolute atomic E-state index is 13.8. The van der Waals surface area contributed by atoms with Crippen molar-refractivity contribution in [1.82, 2.24) is 4.57 Å². The van der Waals surface area contributed by atoms with E-state index < -0.39 is 12.0 Å². The van der Waals surface area contributed by atoms with Gasteiger partial charge in [0.15, 0.2) is 4.80 Å². The van der Waals surface area contributed by atoms with Gasteiger partial charge in [0.2, 0.25) is 0 Å². The van der Waals surface area contributed by atoms with Gasteiger partial charge in [-0.05, 0) is 61.4 Å². The minimum absolute atomic E-state index is 0.204. The van der Waals surface area contributed by atoms with Crippen molar-refractivity contribution in [3.05, 3.63) is 126 Å². The van der Waals surface area contributed by atoms with E-state index >= 15 is 0 Å². The Balaban J connectivity index is 1.50. The fourth-order valence-electron chi connectivity index (χ4n) is 4.65. The number of rotatable bonds is 8. The number of nitriles is 1. The Labute approximate surface area is 240 Å². The molecule has 41 heavy (non-hydrogen) atoms. The number of hydrogen-bond acceptors (Lipinski definition) is 8. The van der Waals surface area contributed by atoms with E-state index in [0.717, 1.165) is 11.1 Å². The number of benzene rings is 3. The second-order valence-electron chi connectivity index (χ2n) is 9.21. The van der Waals surface area contributed by atoms with E-state index in [-0.39, 0.29) is 18.8 Å². The van der Waals surface area contributed by atoms with Gasteiger partial charge in [-0.25, -0.2) is 9.79 Å². The molecule has 1 atom stereocenters. The van der Waals surface area contributed by atoms with E-state index in [2.05, 4.69) is 11.1 Å². The second-order valence-corrected chi connectivity index (χ2v) is 10.2. The number of ether oxygens (including phenoxy) is 3. The molecule has 0 saturated carbocycles. The molecule has 0 bridgehead atoms. The van der Waals surface area contributed by atoms with Crippen LogP contribution in [0.4, 0.5) is 0 Å². The lowest BCUT2D eigenvalue weighted by Crippen LogP contribution is -2.39. The molecule has 1 aliphatic rings. The van der Waals surface area contributed by atoms with E-state index in [4.69, 9.17) is 14.2 Å². The van der Waals surface area contributed by atoms with Crippen LogP contribution in [0.5, 0.6) is 11.5 Å². The summed E-state index contributed by atoms with van der Waals surface area (Å²) in [6.45, 7) is 3.97. The van der Waals surface area contributed by atoms with Crippen LogP contribution >= 0.6 is 11.3 Å². The summed E-state index contributed by atoms with van der Waals surface area (Å²) in [6, 6.07) is 23.4. The van der Waals surface area contributed by atoms with Crippen LogP contribution < -0.4 is 24.4 Å². The molecule has 0 spiro atoms. The molecule has 0 N–H and O–H groups in total. The zero-order chi connectivity index (χ0) is 28.9. The van der Waals surface area contributed by atoms with Crippen LogP contribution in [0.25, 0.3) is 6.08 Å². The Morgan fingerprint density at radius 2 is 1.88 bits per heavy atom. The fourth-order valence-corrected chi connectivity index (χ4v) is 5.69. The fraction of sp³-hybridized carbons (Fsp3) is 0.188. The van der Waals surface area contributed by atoms with E-state index in [1.54, 1.807) is 37.7 Å². The van der Waals surface area contributed by atoms with Crippen molar-refractivity contribution in [2.75, 3.05) is 13.7 Å². The summed E-state index contributed by atoms with van der Waals surface area (Å²) in [6.07, 6.45) is 1.80. The maximum atomic E-state index is 13.8. The van der Waals surface area contributed by atoms with Crippen LogP contribution in [0.3, 0.4) is 0 Å². The molecule has 0 amide bonds. The number of nitrogens with zero attached hydrogens (tertiary/aromatic N) is 3. The van der Waals surface area contributed by atoms with Crippen LogP contribution in [-0.4, -0.2) is 24.3 Å². The number of fused-ring (bicyclic) bond motifs is 1. The summed E-state index contributed by atoms with van der Waals surface area (Å²) in [5.41, 5.74) is 3.47. The van der Waals surface area contributed by atoms with Gasteiger partial charge in [0, 0.05) is 5.56 Å². The van der Waals surface area contributed by atoms with Gasteiger partial charge in [0.05, 0.1) is 47.2 Å². The average molecular weight is 566 g/mol. The first kappa shape index (κ1) is 27.6. The quantitative estimate of drug-likeness (QED) is 0.296. The number of thiazole rings is 1. The Morgan fingerprint density at radius 3 is 2.61 bits per heavy atom. The predicted octanol–water partition coefficient (Wildman–Crippen LogP) is 4.26. The highest BCUT2D eigenvalue weighted by atomic mass is 32.1. The number of esters is 1. The smallest absolute Gasteiger partial charge is 0.338 e. The number of aromatic nitrogens is 1. The lowest BCUT2D eigenvalue weighted by molar-refractivity contribution is -0.139. The molecule has 9 heteroatoms. The Bertz CT molecular complexity index is 1860. The summed E-state index contributed by atoms with van der Waals surface area (Å²) in [7, 11) is 1.57. The standard InChI is InChI=1S/C32H27N3O5S/c1-4-39-31(37)28-20(2)34-32-35(29(28)22-10-7-11-26(17-22)38-3)30(36)27(41-32)16-21-12-14-25(15-13-21)40-19-24-9-6-5-8-23(24)18-33/h5-17,29H,4,19H2,1-3H3/b27-16+/t29-/m0/s1. The molecule has 1 aromatic heterocycles. The van der Waals surface area contributed by atoms with Gasteiger partial charge in [-0.1, -0.05) is 53.8 Å². The van der Waals surface area contributed by atoms with Crippen molar-refractivity contribution in [2.45, 2.75) is 26.5 Å². The molecular formula is C32H27N3O5S. The third-order valence-corrected chi connectivity index (χ3v) is 7.62. The van der Waals surface area contributed by atoms with Crippen molar-refractivity contribution in [2.24, 2.45) is 4.99 Å². The van der Waals surface area contributed by atoms with Crippen LogP contribution in [-0.2, 0) is 16.1 Å². The van der Waals surface area contributed by atoms with Gasteiger partial charge < -0.3 is 14.2 Å². The molecule has 8 nitrogen and oxygen atoms in total. The first-order valence-corrected chi connectivity index (χ1v) is 13.8. The number of allylic oxidation sites excluding steroid dienone is 1. The number of methoxy groups -OCH3 is 1. The summed E-state index contributed by atoms with van der Waals surface area (Å²) in [4.78, 5) is 32.0. The molecule has 0 aliphatic carbocycles. The molecule has 0 unspecified atom stereocenters. The van der Waals surface area contributed by atoms with Gasteiger partial charge in [-0.3, -0.25) is 9.36 Å². The van der Waals surface area contributed by atoms with Crippen LogP contribution in [0.1, 0.15) is 42.1 Å². The minimum Gasteiger partial charge on any atom is -0.497 e. The Kier molecular flexibility index (Phi) is 8.13. The summed E-state index contributed by atoms with van der Waals surface area (Å²) in [5, 5.41) is 9.29. The van der Waals surface area contributed by atoms with E-state index in [1.807, 2.05) is 66.7 Å². The van der Waals surface area contributed by atoms with Gasteiger partial charge in [-0.2, -0.15) is 5.26 Å². The largest absolute Gasteiger partial charge is 0.497 e. The average Bonchev–Trinajstić information content (AvgIpc) is 3.30. The van der Waals surface area contributed by atoms with Crippen LogP contribution in [0, 0.1) is 11.3 Å². The number of carbonyl (C=O) groups excluding carboxylic acids is 1. The van der Waals surface area contributed by atoms with Crippen molar-refractivity contribution < 1.29 is 19.0 Å². The highest BCUT2D eigenvalue weighted by Gasteiger charge is 2.33. The van der Waals surface area contributed by atoms with Gasteiger partial charge in [0.25, 0.3) is 5.56 Å². The first-order valence-electron chi connectivity index (χ1n) is 13.0. The third kappa shape index (κ3) is 5.69. The molecule has 2 heterocycles. The molecule has 1 aliphatic heterocycles. The molecule has 0 saturated heterocycles. The SMILES string of the molecule is CCOC(=O)C1=C(C)N=c2s/c(=C/c3ccc(OCc4ccccc4C#N)cc3)c(=O)n2[C@H]1c1cccc(OC)c1. The van der Waals surface area contributed by atoms with Crippen molar-refractivity contribution in [1.29, 1.82) is 5.26 Å².